The fourth-order valence-corrected chi connectivity index (χ4v) is 4.42. The van der Waals surface area contributed by atoms with E-state index in [0.717, 1.165) is 13.8 Å². The largest absolute Gasteiger partial charge is 0.490 e. The number of aromatic nitrogens is 2. The Kier molecular flexibility index (Phi) is 6.45. The Morgan fingerprint density at radius 1 is 1.09 bits per heavy atom. The Balaban J connectivity index is 1.42. The number of nitrogens with one attached hydrogen (secondary N) is 1. The number of halogens is 1. The van der Waals surface area contributed by atoms with Gasteiger partial charge in [-0.25, -0.2) is 4.79 Å². The average Bonchev–Trinajstić information content (AvgIpc) is 3.31. The van der Waals surface area contributed by atoms with Gasteiger partial charge in [-0.3, -0.25) is 4.79 Å². The van der Waals surface area contributed by atoms with Gasteiger partial charge in [0.2, 0.25) is 6.79 Å². The smallest absolute Gasteiger partial charge is 0.349 e. The number of nitrogens with zero attached hydrogens (tertiary/aromatic N) is 2. The zero-order valence-corrected chi connectivity index (χ0v) is 20.8. The summed E-state index contributed by atoms with van der Waals surface area (Å²) in [6.07, 6.45) is 1.44. The summed E-state index contributed by atoms with van der Waals surface area (Å²) in [5.41, 5.74) is 0.921. The third-order valence-electron chi connectivity index (χ3n) is 5.26. The summed E-state index contributed by atoms with van der Waals surface area (Å²) in [5, 5.41) is 4.51. The first-order valence-electron chi connectivity index (χ1n) is 10.8. The maximum absolute atomic E-state index is 12.7. The summed E-state index contributed by atoms with van der Waals surface area (Å²) in [4.78, 5) is 27.8. The van der Waals surface area contributed by atoms with E-state index in [9.17, 15) is 9.59 Å². The topological polar surface area (TPSA) is 104 Å². The molecule has 35 heavy (non-hydrogen) atoms. The van der Waals surface area contributed by atoms with Crippen LogP contribution in [0.25, 0.3) is 10.9 Å². The van der Waals surface area contributed by atoms with Crippen LogP contribution in [0.15, 0.2) is 69.3 Å². The van der Waals surface area contributed by atoms with Crippen LogP contribution in [0.5, 0.6) is 23.0 Å². The van der Waals surface area contributed by atoms with Crippen molar-refractivity contribution in [1.29, 1.82) is 0 Å². The molecule has 0 amide bonds. The molecular weight excluding hydrogens is 565 g/mol. The summed E-state index contributed by atoms with van der Waals surface area (Å²) in [6, 6.07) is 16.0. The maximum atomic E-state index is 12.7. The van der Waals surface area contributed by atoms with Crippen LogP contribution in [0.4, 0.5) is 0 Å². The van der Waals surface area contributed by atoms with Crippen LogP contribution < -0.4 is 30.2 Å². The van der Waals surface area contributed by atoms with E-state index >= 15 is 0 Å². The lowest BCUT2D eigenvalue weighted by Crippen LogP contribution is -2.32. The molecule has 0 aliphatic carbocycles. The van der Waals surface area contributed by atoms with Crippen molar-refractivity contribution in [1.82, 2.24) is 9.66 Å². The SMILES string of the molecule is CCOc1cc(C=Nn2c(=O)[nH]c3ccccc3c2=O)cc(I)c1OCc1ccc2c(c1)OCO2. The third-order valence-corrected chi connectivity index (χ3v) is 6.06. The molecule has 1 aliphatic heterocycles. The van der Waals surface area contributed by atoms with Crippen LogP contribution >= 0.6 is 22.6 Å². The predicted octanol–water partition coefficient (Wildman–Crippen LogP) is 3.88. The number of para-hydroxylation sites is 1. The van der Waals surface area contributed by atoms with Crippen molar-refractivity contribution in [2.45, 2.75) is 13.5 Å². The van der Waals surface area contributed by atoms with Gasteiger partial charge in [0.05, 0.1) is 27.3 Å². The van der Waals surface area contributed by atoms with E-state index in [1.165, 1.54) is 6.21 Å². The predicted molar refractivity (Wildman–Crippen MR) is 139 cm³/mol. The van der Waals surface area contributed by atoms with Gasteiger partial charge in [-0.05, 0) is 77.0 Å². The maximum Gasteiger partial charge on any atom is 0.349 e. The van der Waals surface area contributed by atoms with Crippen molar-refractivity contribution in [3.8, 4) is 23.0 Å². The van der Waals surface area contributed by atoms with Gasteiger partial charge in [0.15, 0.2) is 23.0 Å². The van der Waals surface area contributed by atoms with E-state index in [1.54, 1.807) is 30.3 Å². The molecule has 1 aromatic heterocycles. The van der Waals surface area contributed by atoms with Gasteiger partial charge in [0.25, 0.3) is 5.56 Å². The first kappa shape index (κ1) is 23.0. The molecule has 0 saturated heterocycles. The highest BCUT2D eigenvalue weighted by molar-refractivity contribution is 14.1. The number of H-pyrrole nitrogens is 1. The van der Waals surface area contributed by atoms with E-state index < -0.39 is 11.2 Å². The minimum absolute atomic E-state index is 0.215. The highest BCUT2D eigenvalue weighted by Crippen LogP contribution is 2.36. The molecule has 0 radical (unpaired) electrons. The van der Waals surface area contributed by atoms with Gasteiger partial charge in [0, 0.05) is 0 Å². The van der Waals surface area contributed by atoms with E-state index in [1.807, 2.05) is 31.2 Å². The Bertz CT molecular complexity index is 1560. The zero-order valence-electron chi connectivity index (χ0n) is 18.6. The number of hydrogen-bond acceptors (Lipinski definition) is 7. The second-order valence-electron chi connectivity index (χ2n) is 7.58. The molecule has 1 N–H and O–H groups in total. The molecule has 10 heteroatoms. The molecule has 5 rings (SSSR count). The first-order chi connectivity index (χ1) is 17.0. The number of fused-ring (bicyclic) bond motifs is 2. The molecule has 0 bridgehead atoms. The van der Waals surface area contributed by atoms with Crippen LogP contribution in [0, 0.1) is 3.57 Å². The number of ether oxygens (including phenoxy) is 4. The molecule has 3 aromatic carbocycles. The van der Waals surface area contributed by atoms with Crippen LogP contribution in [0.1, 0.15) is 18.1 Å². The van der Waals surface area contributed by atoms with Gasteiger partial charge >= 0.3 is 5.69 Å². The van der Waals surface area contributed by atoms with E-state index in [-0.39, 0.29) is 6.79 Å². The number of hydrogen-bond donors (Lipinski definition) is 1. The van der Waals surface area contributed by atoms with Crippen LogP contribution in [-0.4, -0.2) is 29.3 Å². The normalized spacial score (nSPS) is 12.4. The fraction of sp³-hybridized carbons (Fsp3) is 0.160. The van der Waals surface area contributed by atoms with Crippen molar-refractivity contribution in [2.24, 2.45) is 5.10 Å². The first-order valence-corrected chi connectivity index (χ1v) is 11.9. The number of rotatable bonds is 7. The third kappa shape index (κ3) is 4.74. The summed E-state index contributed by atoms with van der Waals surface area (Å²) in [6.45, 7) is 2.83. The Hall–Kier alpha value is -3.80. The summed E-state index contributed by atoms with van der Waals surface area (Å²) >= 11 is 2.15. The lowest BCUT2D eigenvalue weighted by Gasteiger charge is -2.15. The number of benzene rings is 3. The van der Waals surface area contributed by atoms with Crippen LogP contribution in [-0.2, 0) is 6.61 Å². The van der Waals surface area contributed by atoms with Crippen LogP contribution in [0.2, 0.25) is 0 Å². The van der Waals surface area contributed by atoms with Crippen molar-refractivity contribution in [3.63, 3.8) is 0 Å². The molecule has 1 aliphatic rings. The van der Waals surface area contributed by atoms with Crippen molar-refractivity contribution >= 4 is 39.7 Å². The second kappa shape index (κ2) is 9.82. The van der Waals surface area contributed by atoms with Gasteiger partial charge < -0.3 is 23.9 Å². The molecule has 0 atom stereocenters. The van der Waals surface area contributed by atoms with Crippen molar-refractivity contribution in [3.05, 3.63) is 90.1 Å². The Labute approximate surface area is 213 Å². The molecule has 0 spiro atoms. The molecular formula is C25H20IN3O6. The van der Waals surface area contributed by atoms with Crippen molar-refractivity contribution < 1.29 is 18.9 Å². The molecule has 0 fully saturated rings. The molecule has 4 aromatic rings. The summed E-state index contributed by atoms with van der Waals surface area (Å²) < 4.78 is 24.3. The molecule has 178 valence electrons. The quantitative estimate of drug-likeness (QED) is 0.261. The highest BCUT2D eigenvalue weighted by Gasteiger charge is 2.16. The highest BCUT2D eigenvalue weighted by atomic mass is 127. The zero-order chi connectivity index (χ0) is 24.4. The van der Waals surface area contributed by atoms with E-state index in [0.29, 0.717) is 52.7 Å². The second-order valence-corrected chi connectivity index (χ2v) is 8.74. The lowest BCUT2D eigenvalue weighted by atomic mass is 10.2. The van der Waals surface area contributed by atoms with Gasteiger partial charge in [-0.1, -0.05) is 18.2 Å². The number of aromatic amines is 1. The minimum Gasteiger partial charge on any atom is -0.490 e. The van der Waals surface area contributed by atoms with Crippen LogP contribution in [0.3, 0.4) is 0 Å². The Morgan fingerprint density at radius 2 is 1.91 bits per heavy atom. The van der Waals surface area contributed by atoms with E-state index in [2.05, 4.69) is 32.7 Å². The summed E-state index contributed by atoms with van der Waals surface area (Å²) in [7, 11) is 0. The minimum atomic E-state index is -0.617. The van der Waals surface area contributed by atoms with Gasteiger partial charge in [0.1, 0.15) is 6.61 Å². The lowest BCUT2D eigenvalue weighted by molar-refractivity contribution is 0.174. The van der Waals surface area contributed by atoms with Gasteiger partial charge in [-0.2, -0.15) is 5.10 Å². The summed E-state index contributed by atoms with van der Waals surface area (Å²) in [5.74, 6) is 2.52. The van der Waals surface area contributed by atoms with Gasteiger partial charge in [-0.15, -0.1) is 4.68 Å². The van der Waals surface area contributed by atoms with Crippen molar-refractivity contribution in [2.75, 3.05) is 13.4 Å². The molecule has 0 unspecified atom stereocenters. The van der Waals surface area contributed by atoms with E-state index in [4.69, 9.17) is 18.9 Å². The average molecular weight is 585 g/mol. The molecule has 0 saturated carbocycles. The monoisotopic (exact) mass is 585 g/mol. The molecule has 9 nitrogen and oxygen atoms in total. The standard InChI is InChI=1S/C25H20IN3O6/c1-2-32-22-11-16(12-27-29-24(30)17-5-3-4-6-19(17)28-25(29)31)9-18(26)23(22)33-13-15-7-8-20-21(10-15)35-14-34-20/h3-12H,2,13-14H2,1H3,(H,28,31). The molecule has 2 heterocycles. The fourth-order valence-electron chi connectivity index (χ4n) is 3.63. The Morgan fingerprint density at radius 3 is 2.77 bits per heavy atom.